The lowest BCUT2D eigenvalue weighted by Crippen LogP contribution is -2.46. The monoisotopic (exact) mass is 1320 g/mol. The maximum atomic E-state index is 13.1. The molecule has 91 heavy (non-hydrogen) atoms. The summed E-state index contributed by atoms with van der Waals surface area (Å²) < 4.78 is 26.0. The van der Waals surface area contributed by atoms with E-state index in [9.17, 15) is 38.4 Å². The van der Waals surface area contributed by atoms with Crippen molar-refractivity contribution >= 4 is 81.5 Å². The predicted octanol–water partition coefficient (Wildman–Crippen LogP) is 14.3. The number of methoxy groups -OCH3 is 3. The van der Waals surface area contributed by atoms with Gasteiger partial charge in [-0.1, -0.05) is 146 Å². The van der Waals surface area contributed by atoms with E-state index in [0.29, 0.717) is 17.4 Å². The normalized spacial score (nSPS) is 16.5. The molecule has 492 valence electrons. The zero-order valence-electron chi connectivity index (χ0n) is 54.0. The third-order valence-electron chi connectivity index (χ3n) is 16.4. The van der Waals surface area contributed by atoms with Crippen molar-refractivity contribution in [1.82, 2.24) is 16.1 Å². The number of hydroxylamine groups is 1. The van der Waals surface area contributed by atoms with Gasteiger partial charge in [0.2, 0.25) is 0 Å². The van der Waals surface area contributed by atoms with Gasteiger partial charge in [0.15, 0.2) is 11.6 Å². The Bertz CT molecular complexity index is 2870. The molecule has 4 N–H and O–H groups in total. The summed E-state index contributed by atoms with van der Waals surface area (Å²) in [5, 5.41) is 15.7. The number of Topliss-reactive ketones (excluding diaryl/α,β-unsaturated/α-hetero) is 2. The molecule has 4 aliphatic rings. The number of nitrogens with one attached hydrogen (secondary N) is 3. The fourth-order valence-electron chi connectivity index (χ4n) is 11.0. The van der Waals surface area contributed by atoms with Crippen LogP contribution in [0.1, 0.15) is 204 Å². The highest BCUT2D eigenvalue weighted by atomic mass is 79.9. The Morgan fingerprint density at radius 3 is 1.10 bits per heavy atom. The number of amides is 1. The number of carbonyl (C=O) groups excluding carboxylic acids is 8. The van der Waals surface area contributed by atoms with E-state index in [0.717, 1.165) is 121 Å². The van der Waals surface area contributed by atoms with E-state index in [1.807, 2.05) is 60.7 Å². The van der Waals surface area contributed by atoms with Crippen molar-refractivity contribution < 1.29 is 67.2 Å². The van der Waals surface area contributed by atoms with Crippen LogP contribution in [0.5, 0.6) is 0 Å². The Labute approximate surface area is 546 Å². The average Bonchev–Trinajstić information content (AvgIpc) is 3.97. The molecule has 4 aromatic rings. The zero-order valence-corrected chi connectivity index (χ0v) is 55.6. The Kier molecular flexibility index (Phi) is 35.3. The molecule has 0 aromatic heterocycles. The van der Waals surface area contributed by atoms with Gasteiger partial charge in [-0.2, -0.15) is 0 Å². The van der Waals surface area contributed by atoms with Crippen LogP contribution < -0.4 is 16.1 Å². The molecule has 2 unspecified atom stereocenters. The predicted molar refractivity (Wildman–Crippen MR) is 357 cm³/mol. The molecule has 4 aromatic carbocycles. The Morgan fingerprint density at radius 2 is 0.791 bits per heavy atom. The van der Waals surface area contributed by atoms with Crippen molar-refractivity contribution in [2.75, 3.05) is 21.3 Å². The molecular formula is C73H94BrN3O14. The van der Waals surface area contributed by atoms with Gasteiger partial charge in [-0.25, -0.2) is 19.9 Å². The van der Waals surface area contributed by atoms with Gasteiger partial charge in [0.05, 0.1) is 21.3 Å². The van der Waals surface area contributed by atoms with E-state index in [1.165, 1.54) is 85.0 Å². The highest BCUT2D eigenvalue weighted by Gasteiger charge is 2.35. The molecule has 0 saturated heterocycles. The number of rotatable bonds is 21. The van der Waals surface area contributed by atoms with Crippen molar-refractivity contribution in [3.05, 3.63) is 171 Å². The van der Waals surface area contributed by atoms with Gasteiger partial charge in [0.25, 0.3) is 5.91 Å². The number of hydrogen-bond donors (Lipinski definition) is 4. The standard InChI is InChI=1S/C25H35NO4.C24H34N2O4.C12H12O3.C8H7BrO.C4H6O2/c1-18(20-15-12-19(13-16-20)14-17-23(27)29-2)26-24(21-8-4-3-5-9-21)25(28)30-22-10-6-7-11-22;1-17(19-14-11-18(12-15-19)13-16-22(27)26-29)25-23(20-7-3-2-4-8-20)24(28)30-21-9-5-6-10-21;1-9(13)11-6-3-10(4-7-11)5-8-12(14)15-2;1-6(10)7-2-4-8(9)5-3-7;1-3-4(5)6-2/h12-18,21-22,24,26H,3-11H2,1-2H3;11-17,20-21,23,25,29H,2-10H2,1H3,(H,26,27);3-8H,1-2H3;2-5H,1H3;3H,1H2,2H3/b17-14+;16-13+;8-5+;;/t18?,24-;17?,23-;;;/m00.../s1. The van der Waals surface area contributed by atoms with Gasteiger partial charge in [-0.05, 0) is 175 Å². The Balaban J connectivity index is 0.000000269. The van der Waals surface area contributed by atoms with Crippen LogP contribution in [-0.4, -0.2) is 98.1 Å². The van der Waals surface area contributed by atoms with Crippen LogP contribution in [0, 0.1) is 11.8 Å². The van der Waals surface area contributed by atoms with E-state index in [4.69, 9.17) is 14.7 Å². The zero-order chi connectivity index (χ0) is 66.5. The number of esters is 5. The molecule has 17 nitrogen and oxygen atoms in total. The quantitative estimate of drug-likeness (QED) is 0.0151. The van der Waals surface area contributed by atoms with Gasteiger partial charge in [0, 0.05) is 52.0 Å². The molecule has 8 rings (SSSR count). The van der Waals surface area contributed by atoms with Crippen molar-refractivity contribution in [2.24, 2.45) is 11.8 Å². The lowest BCUT2D eigenvalue weighted by molar-refractivity contribution is -0.154. The highest BCUT2D eigenvalue weighted by molar-refractivity contribution is 9.10. The third-order valence-corrected chi connectivity index (χ3v) is 16.9. The summed E-state index contributed by atoms with van der Waals surface area (Å²) in [7, 11) is 4.00. The van der Waals surface area contributed by atoms with Crippen LogP contribution in [0.15, 0.2) is 132 Å². The second-order valence-electron chi connectivity index (χ2n) is 23.0. The maximum absolute atomic E-state index is 13.1. The van der Waals surface area contributed by atoms with Gasteiger partial charge >= 0.3 is 29.8 Å². The second kappa shape index (κ2) is 42.4. The molecular weight excluding hydrogens is 1220 g/mol. The minimum atomic E-state index is -0.565. The lowest BCUT2D eigenvalue weighted by Gasteiger charge is -2.32. The molecule has 4 atom stereocenters. The van der Waals surface area contributed by atoms with Crippen LogP contribution in [0.4, 0.5) is 0 Å². The van der Waals surface area contributed by atoms with Gasteiger partial charge in [-0.15, -0.1) is 0 Å². The Morgan fingerprint density at radius 1 is 0.473 bits per heavy atom. The van der Waals surface area contributed by atoms with E-state index in [1.54, 1.807) is 67.0 Å². The number of hydrogen-bond acceptors (Lipinski definition) is 16. The minimum absolute atomic E-state index is 0.00632. The molecule has 4 fully saturated rings. The molecule has 1 amide bonds. The van der Waals surface area contributed by atoms with Crippen molar-refractivity contribution in [1.29, 1.82) is 0 Å². The molecule has 18 heteroatoms. The molecule has 0 bridgehead atoms. The number of ether oxygens (including phenoxy) is 5. The number of halogens is 1. The highest BCUT2D eigenvalue weighted by Crippen LogP contribution is 2.32. The summed E-state index contributed by atoms with van der Waals surface area (Å²) in [6, 6.07) is 29.7. The SMILES string of the molecule is C=CC(=O)OC.CC(=O)c1ccc(Br)cc1.CC(N[C@H](C(=O)OC1CCCC1)C1CCCCC1)c1ccc(/C=C/C(=O)NO)cc1.COC(=O)/C=C/c1ccc(C(C)=O)cc1.COC(=O)/C=C/c1ccc(C(C)N[C@H](C(=O)OC2CCCC2)C2CCCCC2)cc1. The van der Waals surface area contributed by atoms with Crippen LogP contribution in [-0.2, 0) is 52.5 Å². The van der Waals surface area contributed by atoms with E-state index >= 15 is 0 Å². The second-order valence-corrected chi connectivity index (χ2v) is 24.0. The van der Waals surface area contributed by atoms with Crippen molar-refractivity contribution in [2.45, 2.75) is 180 Å². The molecule has 4 aliphatic carbocycles. The van der Waals surface area contributed by atoms with Gasteiger partial charge < -0.3 is 23.7 Å². The largest absolute Gasteiger partial charge is 0.466 e. The van der Waals surface area contributed by atoms with E-state index < -0.39 is 17.8 Å². The molecule has 4 saturated carbocycles. The van der Waals surface area contributed by atoms with Gasteiger partial charge in [0.1, 0.15) is 24.3 Å². The topological polar surface area (TPSA) is 239 Å². The van der Waals surface area contributed by atoms with Crippen LogP contribution in [0.3, 0.4) is 0 Å². The number of benzene rings is 4. The minimum Gasteiger partial charge on any atom is -0.466 e. The maximum Gasteiger partial charge on any atom is 0.330 e. The number of carbonyl (C=O) groups is 8. The van der Waals surface area contributed by atoms with Crippen LogP contribution >= 0.6 is 15.9 Å². The fourth-order valence-corrected chi connectivity index (χ4v) is 11.3. The fraction of sp³-hybridized carbons (Fsp3) is 0.452. The third kappa shape index (κ3) is 29.0. The summed E-state index contributed by atoms with van der Waals surface area (Å²) in [5.74, 6) is -1.08. The first kappa shape index (κ1) is 75.8. The van der Waals surface area contributed by atoms with Crippen molar-refractivity contribution in [3.8, 4) is 0 Å². The first-order valence-corrected chi connectivity index (χ1v) is 32.4. The molecule has 0 radical (unpaired) electrons. The van der Waals surface area contributed by atoms with Crippen molar-refractivity contribution in [3.63, 3.8) is 0 Å². The summed E-state index contributed by atoms with van der Waals surface area (Å²) in [6.45, 7) is 10.4. The summed E-state index contributed by atoms with van der Waals surface area (Å²) in [5.41, 5.74) is 7.82. The number of ketones is 2. The van der Waals surface area contributed by atoms with E-state index in [2.05, 4.69) is 61.2 Å². The summed E-state index contributed by atoms with van der Waals surface area (Å²) in [6.07, 6.45) is 30.5. The average molecular weight is 1320 g/mol. The van der Waals surface area contributed by atoms with E-state index in [-0.39, 0.29) is 65.8 Å². The Hall–Kier alpha value is -7.64. The smallest absolute Gasteiger partial charge is 0.330 e. The molecule has 0 aliphatic heterocycles. The first-order chi connectivity index (χ1) is 43.8. The summed E-state index contributed by atoms with van der Waals surface area (Å²) in [4.78, 5) is 90.8. The lowest BCUT2D eigenvalue weighted by atomic mass is 9.83. The van der Waals surface area contributed by atoms with Crippen LogP contribution in [0.2, 0.25) is 0 Å². The summed E-state index contributed by atoms with van der Waals surface area (Å²) >= 11 is 3.28. The van der Waals surface area contributed by atoms with Gasteiger partial charge in [-0.3, -0.25) is 39.8 Å². The first-order valence-electron chi connectivity index (χ1n) is 31.6. The molecule has 0 spiro atoms. The van der Waals surface area contributed by atoms with Crippen LogP contribution in [0.25, 0.3) is 18.2 Å². The molecule has 0 heterocycles.